The molecular formula is C26H36ClN3O4S. The molecule has 1 atom stereocenters. The van der Waals surface area contributed by atoms with Gasteiger partial charge in [0.2, 0.25) is 21.8 Å². The summed E-state index contributed by atoms with van der Waals surface area (Å²) in [7, 11) is -3.81. The molecule has 2 aromatic rings. The van der Waals surface area contributed by atoms with Crippen LogP contribution in [0.3, 0.4) is 0 Å². The van der Waals surface area contributed by atoms with E-state index in [2.05, 4.69) is 5.32 Å². The number of rotatable bonds is 12. The van der Waals surface area contributed by atoms with Crippen LogP contribution in [0.15, 0.2) is 42.5 Å². The van der Waals surface area contributed by atoms with Crippen LogP contribution in [-0.4, -0.2) is 50.5 Å². The first-order valence-electron chi connectivity index (χ1n) is 11.8. The maximum atomic E-state index is 13.7. The summed E-state index contributed by atoms with van der Waals surface area (Å²) in [6.07, 6.45) is 3.22. The fourth-order valence-electron chi connectivity index (χ4n) is 3.78. The average molecular weight is 522 g/mol. The molecule has 0 spiro atoms. The minimum atomic E-state index is -3.81. The van der Waals surface area contributed by atoms with Gasteiger partial charge in [0.1, 0.15) is 12.6 Å². The molecule has 0 aliphatic carbocycles. The lowest BCUT2D eigenvalue weighted by molar-refractivity contribution is -0.140. The molecular weight excluding hydrogens is 486 g/mol. The number of benzene rings is 2. The highest BCUT2D eigenvalue weighted by molar-refractivity contribution is 7.92. The molecule has 2 aromatic carbocycles. The van der Waals surface area contributed by atoms with Crippen molar-refractivity contribution < 1.29 is 18.0 Å². The molecule has 1 N–H and O–H groups in total. The predicted molar refractivity (Wildman–Crippen MR) is 142 cm³/mol. The van der Waals surface area contributed by atoms with Crippen LogP contribution in [0.1, 0.15) is 49.8 Å². The Morgan fingerprint density at radius 3 is 2.29 bits per heavy atom. The van der Waals surface area contributed by atoms with E-state index in [4.69, 9.17) is 11.6 Å². The molecule has 1 unspecified atom stereocenters. The normalized spacial score (nSPS) is 12.2. The van der Waals surface area contributed by atoms with Gasteiger partial charge in [-0.3, -0.25) is 13.9 Å². The first-order chi connectivity index (χ1) is 16.5. The molecule has 0 aliphatic rings. The first kappa shape index (κ1) is 28.7. The molecule has 0 aliphatic heterocycles. The van der Waals surface area contributed by atoms with E-state index in [0.717, 1.165) is 34.5 Å². The number of nitrogens with zero attached hydrogens (tertiary/aromatic N) is 2. The Kier molecular flexibility index (Phi) is 10.6. The molecule has 7 nitrogen and oxygen atoms in total. The zero-order valence-electron chi connectivity index (χ0n) is 21.2. The van der Waals surface area contributed by atoms with E-state index in [1.807, 2.05) is 45.0 Å². The monoisotopic (exact) mass is 521 g/mol. The van der Waals surface area contributed by atoms with Gasteiger partial charge in [0.15, 0.2) is 0 Å². The third-order valence-corrected chi connectivity index (χ3v) is 7.41. The van der Waals surface area contributed by atoms with Crippen LogP contribution in [0.5, 0.6) is 0 Å². The third kappa shape index (κ3) is 7.97. The number of sulfonamides is 1. The van der Waals surface area contributed by atoms with Crippen molar-refractivity contribution in [2.45, 2.75) is 59.5 Å². The maximum Gasteiger partial charge on any atom is 0.244 e. The predicted octanol–water partition coefficient (Wildman–Crippen LogP) is 4.45. The number of aryl methyl sites for hydroxylation is 1. The van der Waals surface area contributed by atoms with Crippen LogP contribution in [0, 0.1) is 13.8 Å². The number of carbonyl (C=O) groups excluding carboxylic acids is 2. The van der Waals surface area contributed by atoms with Gasteiger partial charge in [-0.1, -0.05) is 67.8 Å². The molecule has 192 valence electrons. The topological polar surface area (TPSA) is 86.8 Å². The minimum absolute atomic E-state index is 0.185. The SMILES string of the molecule is CCCCNC(=O)C(CC)N(Cc1ccc(C)cc1)C(=O)CN(c1cccc(Cl)c1C)S(C)(=O)=O. The Labute approximate surface area is 214 Å². The van der Waals surface area contributed by atoms with E-state index in [0.29, 0.717) is 29.2 Å². The van der Waals surface area contributed by atoms with Gasteiger partial charge >= 0.3 is 0 Å². The lowest BCUT2D eigenvalue weighted by atomic mass is 10.1. The van der Waals surface area contributed by atoms with E-state index in [1.165, 1.54) is 4.90 Å². The van der Waals surface area contributed by atoms with Crippen molar-refractivity contribution in [2.24, 2.45) is 0 Å². The quantitative estimate of drug-likeness (QED) is 0.418. The molecule has 2 amide bonds. The van der Waals surface area contributed by atoms with Gasteiger partial charge < -0.3 is 10.2 Å². The second kappa shape index (κ2) is 12.9. The van der Waals surface area contributed by atoms with E-state index in [9.17, 15) is 18.0 Å². The lowest BCUT2D eigenvalue weighted by Crippen LogP contribution is -2.52. The molecule has 35 heavy (non-hydrogen) atoms. The highest BCUT2D eigenvalue weighted by Gasteiger charge is 2.32. The Morgan fingerprint density at radius 1 is 1.06 bits per heavy atom. The number of hydrogen-bond donors (Lipinski definition) is 1. The van der Waals surface area contributed by atoms with Crippen molar-refractivity contribution in [3.8, 4) is 0 Å². The smallest absolute Gasteiger partial charge is 0.244 e. The van der Waals surface area contributed by atoms with Crippen LogP contribution in [0.25, 0.3) is 0 Å². The van der Waals surface area contributed by atoms with Gasteiger partial charge in [-0.15, -0.1) is 0 Å². The van der Waals surface area contributed by atoms with Crippen molar-refractivity contribution in [1.82, 2.24) is 10.2 Å². The van der Waals surface area contributed by atoms with Gasteiger partial charge in [0, 0.05) is 18.1 Å². The lowest BCUT2D eigenvalue weighted by Gasteiger charge is -2.33. The molecule has 0 saturated heterocycles. The zero-order valence-corrected chi connectivity index (χ0v) is 22.7. The van der Waals surface area contributed by atoms with E-state index in [-0.39, 0.29) is 12.5 Å². The molecule has 2 rings (SSSR count). The van der Waals surface area contributed by atoms with Crippen LogP contribution in [-0.2, 0) is 26.2 Å². The minimum Gasteiger partial charge on any atom is -0.354 e. The van der Waals surface area contributed by atoms with E-state index >= 15 is 0 Å². The standard InChI is InChI=1S/C26H36ClN3O4S/c1-6-8-16-28-26(32)23(7-2)29(17-21-14-12-19(3)13-15-21)25(31)18-30(35(5,33)34)24-11-9-10-22(27)20(24)4/h9-15,23H,6-8,16-18H2,1-5H3,(H,28,32). The van der Waals surface area contributed by atoms with Gasteiger partial charge in [-0.2, -0.15) is 0 Å². The highest BCUT2D eigenvalue weighted by atomic mass is 35.5. The number of unbranched alkanes of at least 4 members (excludes halogenated alkanes) is 1. The molecule has 0 heterocycles. The van der Waals surface area contributed by atoms with Crippen LogP contribution in [0.2, 0.25) is 5.02 Å². The number of halogens is 1. The second-order valence-corrected chi connectivity index (χ2v) is 11.0. The zero-order chi connectivity index (χ0) is 26.2. The number of amides is 2. The summed E-state index contributed by atoms with van der Waals surface area (Å²) in [5, 5.41) is 3.32. The van der Waals surface area contributed by atoms with E-state index in [1.54, 1.807) is 25.1 Å². The van der Waals surface area contributed by atoms with Crippen molar-refractivity contribution in [2.75, 3.05) is 23.7 Å². The van der Waals surface area contributed by atoms with Gasteiger partial charge in [0.25, 0.3) is 0 Å². The summed E-state index contributed by atoms with van der Waals surface area (Å²) in [6, 6.07) is 11.9. The van der Waals surface area contributed by atoms with Crippen LogP contribution >= 0.6 is 11.6 Å². The third-order valence-electron chi connectivity index (χ3n) is 5.88. The number of anilines is 1. The fourth-order valence-corrected chi connectivity index (χ4v) is 4.85. The average Bonchev–Trinajstić information content (AvgIpc) is 2.80. The van der Waals surface area contributed by atoms with Crippen molar-refractivity contribution in [3.05, 3.63) is 64.2 Å². The van der Waals surface area contributed by atoms with Gasteiger partial charge in [-0.25, -0.2) is 8.42 Å². The summed E-state index contributed by atoms with van der Waals surface area (Å²) < 4.78 is 26.5. The summed E-state index contributed by atoms with van der Waals surface area (Å²) >= 11 is 6.23. The second-order valence-electron chi connectivity index (χ2n) is 8.73. The molecule has 0 aromatic heterocycles. The molecule has 9 heteroatoms. The Balaban J connectivity index is 2.43. The highest BCUT2D eigenvalue weighted by Crippen LogP contribution is 2.28. The largest absolute Gasteiger partial charge is 0.354 e. The number of nitrogens with one attached hydrogen (secondary N) is 1. The Bertz CT molecular complexity index is 1120. The Hall–Kier alpha value is -2.58. The van der Waals surface area contributed by atoms with Crippen molar-refractivity contribution >= 4 is 39.1 Å². The summed E-state index contributed by atoms with van der Waals surface area (Å²) in [4.78, 5) is 28.2. The first-order valence-corrected chi connectivity index (χ1v) is 14.1. The summed E-state index contributed by atoms with van der Waals surface area (Å²) in [5.74, 6) is -0.709. The molecule has 0 fully saturated rings. The van der Waals surface area contributed by atoms with Crippen molar-refractivity contribution in [1.29, 1.82) is 0 Å². The van der Waals surface area contributed by atoms with E-state index < -0.39 is 28.5 Å². The van der Waals surface area contributed by atoms with Crippen LogP contribution < -0.4 is 9.62 Å². The van der Waals surface area contributed by atoms with Crippen molar-refractivity contribution in [3.63, 3.8) is 0 Å². The van der Waals surface area contributed by atoms with Gasteiger partial charge in [0.05, 0.1) is 11.9 Å². The molecule has 0 bridgehead atoms. The van der Waals surface area contributed by atoms with Gasteiger partial charge in [-0.05, 0) is 49.9 Å². The van der Waals surface area contributed by atoms with Crippen LogP contribution in [0.4, 0.5) is 5.69 Å². The summed E-state index contributed by atoms with van der Waals surface area (Å²) in [6.45, 7) is 7.83. The molecule has 0 radical (unpaired) electrons. The number of carbonyl (C=O) groups is 2. The Morgan fingerprint density at radius 2 is 1.71 bits per heavy atom. The fraction of sp³-hybridized carbons (Fsp3) is 0.462. The molecule has 0 saturated carbocycles. The number of hydrogen-bond acceptors (Lipinski definition) is 4. The maximum absolute atomic E-state index is 13.7. The summed E-state index contributed by atoms with van der Waals surface area (Å²) in [5.41, 5.74) is 2.83.